The van der Waals surface area contributed by atoms with Crippen molar-refractivity contribution in [2.45, 2.75) is 70.9 Å². The van der Waals surface area contributed by atoms with Crippen molar-refractivity contribution in [2.75, 3.05) is 13.1 Å². The van der Waals surface area contributed by atoms with Gasteiger partial charge in [-0.2, -0.15) is 22.0 Å². The molecule has 0 spiro atoms. The van der Waals surface area contributed by atoms with Crippen LogP contribution in [0.25, 0.3) is 10.9 Å². The van der Waals surface area contributed by atoms with Gasteiger partial charge in [0.25, 0.3) is 11.8 Å². The Balaban J connectivity index is 1.89. The zero-order chi connectivity index (χ0) is 28.6. The number of ether oxygens (including phenoxy) is 2. The summed E-state index contributed by atoms with van der Waals surface area (Å²) in [5.41, 5.74) is -3.33. The number of aromatic nitrogens is 1. The van der Waals surface area contributed by atoms with Crippen molar-refractivity contribution in [2.24, 2.45) is 0 Å². The van der Waals surface area contributed by atoms with E-state index in [0.717, 1.165) is 17.0 Å². The summed E-state index contributed by atoms with van der Waals surface area (Å²) in [5.74, 6) is -4.82. The van der Waals surface area contributed by atoms with E-state index in [-0.39, 0.29) is 17.5 Å². The fourth-order valence-corrected chi connectivity index (χ4v) is 4.04. The summed E-state index contributed by atoms with van der Waals surface area (Å²) < 4.78 is 104. The van der Waals surface area contributed by atoms with Gasteiger partial charge in [-0.15, -0.1) is 0 Å². The molecule has 1 aromatic heterocycles. The van der Waals surface area contributed by atoms with Crippen LogP contribution in [0.4, 0.5) is 35.5 Å². The molecule has 1 atom stereocenters. The number of halogens is 7. The average Bonchev–Trinajstić information content (AvgIpc) is 2.74. The molecule has 0 aliphatic carbocycles. The third-order valence-corrected chi connectivity index (χ3v) is 5.68. The second-order valence-corrected chi connectivity index (χ2v) is 9.92. The molecule has 38 heavy (non-hydrogen) atoms. The highest BCUT2D eigenvalue weighted by atomic mass is 19.4. The fourth-order valence-electron chi connectivity index (χ4n) is 4.04. The van der Waals surface area contributed by atoms with Crippen molar-refractivity contribution in [3.63, 3.8) is 0 Å². The normalized spacial score (nSPS) is 18.0. The van der Waals surface area contributed by atoms with E-state index in [1.807, 2.05) is 0 Å². The third-order valence-electron chi connectivity index (χ3n) is 5.68. The lowest BCUT2D eigenvalue weighted by atomic mass is 9.98. The molecule has 1 aliphatic rings. The van der Waals surface area contributed by atoms with E-state index in [1.54, 1.807) is 20.8 Å². The molecule has 14 heteroatoms. The summed E-state index contributed by atoms with van der Waals surface area (Å²) in [6, 6.07) is 1.28. The highest BCUT2D eigenvalue weighted by molar-refractivity contribution is 5.97. The molecule has 2 amide bonds. The highest BCUT2D eigenvalue weighted by Crippen LogP contribution is 2.38. The Labute approximate surface area is 213 Å². The van der Waals surface area contributed by atoms with Crippen LogP contribution in [0, 0.1) is 6.92 Å². The van der Waals surface area contributed by atoms with Crippen LogP contribution in [0.3, 0.4) is 0 Å². The first-order valence-electron chi connectivity index (χ1n) is 11.5. The first-order chi connectivity index (χ1) is 17.4. The lowest BCUT2D eigenvalue weighted by molar-refractivity contribution is -0.136. The minimum Gasteiger partial charge on any atom is -0.444 e. The standard InChI is InChI=1S/C24H26F7N3O4/c1-12-7-17(33-18-15(12)8-14(37-20(25)26)9-16(18)24(29,30)31)19(35)32-11-13-10-23(27,28)5-6-34(13)21(36)38-22(2,3)4/h7-9,13,20H,5-6,10-11H2,1-4H3,(H,32,35)/t13-/m0/s1. The number of piperidine rings is 1. The van der Waals surface area contributed by atoms with Crippen molar-refractivity contribution in [3.05, 3.63) is 35.0 Å². The number of carbonyl (C=O) groups is 2. The molecule has 1 aliphatic heterocycles. The second-order valence-electron chi connectivity index (χ2n) is 9.92. The fraction of sp³-hybridized carbons (Fsp3) is 0.542. The van der Waals surface area contributed by atoms with Gasteiger partial charge in [-0.3, -0.25) is 4.79 Å². The Morgan fingerprint density at radius 3 is 2.42 bits per heavy atom. The number of rotatable bonds is 5. The number of aryl methyl sites for hydroxylation is 1. The molecule has 0 radical (unpaired) electrons. The number of benzene rings is 1. The Morgan fingerprint density at radius 1 is 1.18 bits per heavy atom. The number of pyridine rings is 1. The van der Waals surface area contributed by atoms with Crippen LogP contribution in [0.2, 0.25) is 0 Å². The van der Waals surface area contributed by atoms with Crippen LogP contribution in [-0.2, 0) is 10.9 Å². The Kier molecular flexibility index (Phi) is 8.04. The van der Waals surface area contributed by atoms with Gasteiger partial charge in [-0.25, -0.2) is 18.6 Å². The molecular formula is C24H26F7N3O4. The number of alkyl halides is 7. The van der Waals surface area contributed by atoms with Crippen LogP contribution in [0.5, 0.6) is 5.75 Å². The molecular weight excluding hydrogens is 527 g/mol. The maximum absolute atomic E-state index is 14.1. The van der Waals surface area contributed by atoms with Crippen LogP contribution < -0.4 is 10.1 Å². The number of likely N-dealkylation sites (tertiary alicyclic amines) is 1. The molecule has 1 fully saturated rings. The Morgan fingerprint density at radius 2 is 1.84 bits per heavy atom. The molecule has 1 N–H and O–H groups in total. The molecule has 2 heterocycles. The van der Waals surface area contributed by atoms with Gasteiger partial charge in [0.05, 0.1) is 17.1 Å². The molecule has 7 nitrogen and oxygen atoms in total. The predicted octanol–water partition coefficient (Wildman–Crippen LogP) is 5.93. The van der Waals surface area contributed by atoms with Crippen molar-refractivity contribution >= 4 is 22.9 Å². The molecule has 3 rings (SSSR count). The minimum absolute atomic E-state index is 0.102. The monoisotopic (exact) mass is 553 g/mol. The first kappa shape index (κ1) is 29.2. The number of hydrogen-bond donors (Lipinski definition) is 1. The van der Waals surface area contributed by atoms with E-state index in [4.69, 9.17) is 4.74 Å². The number of carbonyl (C=O) groups excluding carboxylic acids is 2. The van der Waals surface area contributed by atoms with Gasteiger partial charge in [0.2, 0.25) is 0 Å². The topological polar surface area (TPSA) is 80.8 Å². The Hall–Kier alpha value is -3.32. The van der Waals surface area contributed by atoms with Gasteiger partial charge in [0.1, 0.15) is 17.0 Å². The van der Waals surface area contributed by atoms with E-state index in [2.05, 4.69) is 15.0 Å². The van der Waals surface area contributed by atoms with Crippen LogP contribution in [0.1, 0.15) is 55.2 Å². The number of nitrogens with zero attached hydrogens (tertiary/aromatic N) is 2. The average molecular weight is 553 g/mol. The maximum atomic E-state index is 14.1. The quantitative estimate of drug-likeness (QED) is 0.465. The lowest BCUT2D eigenvalue weighted by Gasteiger charge is -2.39. The molecule has 0 unspecified atom stereocenters. The smallest absolute Gasteiger partial charge is 0.418 e. The van der Waals surface area contributed by atoms with Gasteiger partial charge in [0, 0.05) is 31.3 Å². The summed E-state index contributed by atoms with van der Waals surface area (Å²) >= 11 is 0. The zero-order valence-electron chi connectivity index (χ0n) is 20.9. The van der Waals surface area contributed by atoms with Gasteiger partial charge in [-0.05, 0) is 51.5 Å². The Bertz CT molecular complexity index is 1210. The molecule has 0 bridgehead atoms. The summed E-state index contributed by atoms with van der Waals surface area (Å²) in [5, 5.41) is 2.18. The number of nitrogens with one attached hydrogen (secondary N) is 1. The number of amides is 2. The number of hydrogen-bond acceptors (Lipinski definition) is 5. The highest BCUT2D eigenvalue weighted by Gasteiger charge is 2.43. The largest absolute Gasteiger partial charge is 0.444 e. The second kappa shape index (κ2) is 10.4. The molecule has 210 valence electrons. The SMILES string of the molecule is Cc1cc(C(=O)NC[C@@H]2CC(F)(F)CCN2C(=O)OC(C)(C)C)nc2c(C(F)(F)F)cc(OC(F)F)cc12. The van der Waals surface area contributed by atoms with Crippen molar-refractivity contribution in [1.82, 2.24) is 15.2 Å². The van der Waals surface area contributed by atoms with Crippen molar-refractivity contribution < 1.29 is 49.8 Å². The van der Waals surface area contributed by atoms with Gasteiger partial charge >= 0.3 is 18.9 Å². The van der Waals surface area contributed by atoms with E-state index in [9.17, 15) is 40.3 Å². The van der Waals surface area contributed by atoms with Crippen molar-refractivity contribution in [1.29, 1.82) is 0 Å². The summed E-state index contributed by atoms with van der Waals surface area (Å²) in [6.45, 7) is 2.02. The lowest BCUT2D eigenvalue weighted by Crippen LogP contribution is -2.55. The maximum Gasteiger partial charge on any atom is 0.418 e. The van der Waals surface area contributed by atoms with Crippen molar-refractivity contribution in [3.8, 4) is 5.75 Å². The predicted molar refractivity (Wildman–Crippen MR) is 121 cm³/mol. The van der Waals surface area contributed by atoms with E-state index < -0.39 is 84.3 Å². The zero-order valence-corrected chi connectivity index (χ0v) is 20.9. The van der Waals surface area contributed by atoms with Crippen LogP contribution in [-0.4, -0.2) is 59.2 Å². The summed E-state index contributed by atoms with van der Waals surface area (Å²) in [7, 11) is 0. The van der Waals surface area contributed by atoms with Gasteiger partial charge in [-0.1, -0.05) is 0 Å². The third kappa shape index (κ3) is 7.16. The van der Waals surface area contributed by atoms with Gasteiger partial charge in [0.15, 0.2) is 0 Å². The van der Waals surface area contributed by atoms with Crippen LogP contribution >= 0.6 is 0 Å². The number of fused-ring (bicyclic) bond motifs is 1. The van der Waals surface area contributed by atoms with Gasteiger partial charge < -0.3 is 19.7 Å². The molecule has 2 aromatic rings. The van der Waals surface area contributed by atoms with E-state index in [0.29, 0.717) is 6.07 Å². The molecule has 1 saturated heterocycles. The summed E-state index contributed by atoms with van der Waals surface area (Å²) in [4.78, 5) is 30.2. The van der Waals surface area contributed by atoms with E-state index in [1.165, 1.54) is 6.92 Å². The van der Waals surface area contributed by atoms with E-state index >= 15 is 0 Å². The molecule has 0 saturated carbocycles. The first-order valence-corrected chi connectivity index (χ1v) is 11.5. The summed E-state index contributed by atoms with van der Waals surface area (Å²) in [6.07, 6.45) is -7.22. The van der Waals surface area contributed by atoms with Crippen LogP contribution in [0.15, 0.2) is 18.2 Å². The minimum atomic E-state index is -5.02. The molecule has 1 aromatic carbocycles.